The Morgan fingerprint density at radius 2 is 1.04 bits per heavy atom. The van der Waals surface area contributed by atoms with Crippen molar-refractivity contribution in [1.82, 2.24) is 0 Å². The van der Waals surface area contributed by atoms with Gasteiger partial charge in [0.25, 0.3) is 0 Å². The van der Waals surface area contributed by atoms with E-state index >= 15 is 0 Å². The van der Waals surface area contributed by atoms with Crippen LogP contribution in [0.15, 0.2) is 12.2 Å². The lowest BCUT2D eigenvalue weighted by atomic mass is 10.2. The molecule has 0 radical (unpaired) electrons. The minimum Gasteiger partial charge on any atom is -0.394 e. The van der Waals surface area contributed by atoms with Crippen molar-refractivity contribution in [3.05, 3.63) is 12.2 Å². The number of aliphatic hydroxyl groups is 1. The molecule has 0 saturated heterocycles. The van der Waals surface area contributed by atoms with Crippen molar-refractivity contribution in [3.63, 3.8) is 0 Å². The molecule has 1 N–H and O–H groups in total. The van der Waals surface area contributed by atoms with Crippen molar-refractivity contribution < 1.29 is 28.8 Å². The Bertz CT molecular complexity index is 248. The van der Waals surface area contributed by atoms with Gasteiger partial charge in [-0.2, -0.15) is 0 Å². The lowest BCUT2D eigenvalue weighted by Gasteiger charge is -2.07. The zero-order valence-corrected chi connectivity index (χ0v) is 15.2. The van der Waals surface area contributed by atoms with Crippen LogP contribution in [0.2, 0.25) is 0 Å². The zero-order chi connectivity index (χ0) is 17.6. The molecule has 0 aliphatic carbocycles. The topological polar surface area (TPSA) is 66.4 Å². The van der Waals surface area contributed by atoms with E-state index in [2.05, 4.69) is 19.1 Å². The van der Waals surface area contributed by atoms with Crippen LogP contribution in [0.25, 0.3) is 0 Å². The highest BCUT2D eigenvalue weighted by Gasteiger charge is 1.93. The van der Waals surface area contributed by atoms with Crippen molar-refractivity contribution >= 4 is 0 Å². The summed E-state index contributed by atoms with van der Waals surface area (Å²) in [5.41, 5.74) is 0. The van der Waals surface area contributed by atoms with E-state index in [0.717, 1.165) is 25.9 Å². The summed E-state index contributed by atoms with van der Waals surface area (Å²) >= 11 is 0. The third-order valence-electron chi connectivity index (χ3n) is 3.04. The van der Waals surface area contributed by atoms with Gasteiger partial charge in [0.1, 0.15) is 0 Å². The van der Waals surface area contributed by atoms with E-state index in [4.69, 9.17) is 28.8 Å². The molecule has 0 spiro atoms. The molecular formula is C18H36O6. The highest BCUT2D eigenvalue weighted by atomic mass is 16.6. The van der Waals surface area contributed by atoms with E-state index in [1.165, 1.54) is 6.42 Å². The number of hydrogen-bond acceptors (Lipinski definition) is 6. The smallest absolute Gasteiger partial charge is 0.0701 e. The molecule has 144 valence electrons. The van der Waals surface area contributed by atoms with E-state index in [1.807, 2.05) is 0 Å². The van der Waals surface area contributed by atoms with Gasteiger partial charge in [-0.05, 0) is 25.7 Å². The molecule has 0 aromatic carbocycles. The molecule has 0 bridgehead atoms. The summed E-state index contributed by atoms with van der Waals surface area (Å²) in [6, 6.07) is 0. The van der Waals surface area contributed by atoms with Crippen LogP contribution in [0.3, 0.4) is 0 Å². The van der Waals surface area contributed by atoms with Gasteiger partial charge in [-0.15, -0.1) is 0 Å². The third-order valence-corrected chi connectivity index (χ3v) is 3.04. The van der Waals surface area contributed by atoms with Crippen LogP contribution in [-0.2, 0) is 23.7 Å². The van der Waals surface area contributed by atoms with Crippen LogP contribution >= 0.6 is 0 Å². The number of hydrogen-bond donors (Lipinski definition) is 1. The van der Waals surface area contributed by atoms with Crippen LogP contribution < -0.4 is 0 Å². The standard InChI is InChI=1S/C18H36O6/c1-2-3-4-5-6-7-9-20-11-13-22-15-17-24-18-16-23-14-12-21-10-8-19/h3-4,19H,2,5-18H2,1H3/b4-3+. The van der Waals surface area contributed by atoms with Crippen LogP contribution in [0, 0.1) is 0 Å². The minimum absolute atomic E-state index is 0.0464. The third kappa shape index (κ3) is 21.5. The zero-order valence-electron chi connectivity index (χ0n) is 15.2. The first-order valence-corrected chi connectivity index (χ1v) is 9.06. The second kappa shape index (κ2) is 22.5. The molecule has 0 aromatic rings. The number of unbranched alkanes of at least 4 members (excludes halogenated alkanes) is 2. The predicted octanol–water partition coefficient (Wildman–Crippen LogP) is 2.20. The summed E-state index contributed by atoms with van der Waals surface area (Å²) in [5.74, 6) is 0. The SMILES string of the molecule is CC/C=C/CCCCOCCOCCOCCOCCOCCO. The Kier molecular flexibility index (Phi) is 22.0. The predicted molar refractivity (Wildman–Crippen MR) is 94.5 cm³/mol. The van der Waals surface area contributed by atoms with Crippen molar-refractivity contribution in [3.8, 4) is 0 Å². The van der Waals surface area contributed by atoms with Gasteiger partial charge < -0.3 is 28.8 Å². The van der Waals surface area contributed by atoms with E-state index in [-0.39, 0.29) is 6.61 Å². The van der Waals surface area contributed by atoms with Gasteiger partial charge in [0.15, 0.2) is 0 Å². The normalized spacial score (nSPS) is 11.6. The van der Waals surface area contributed by atoms with Gasteiger partial charge in [-0.1, -0.05) is 19.1 Å². The summed E-state index contributed by atoms with van der Waals surface area (Å²) in [4.78, 5) is 0. The van der Waals surface area contributed by atoms with Crippen molar-refractivity contribution in [2.45, 2.75) is 32.6 Å². The molecule has 0 rings (SSSR count). The van der Waals surface area contributed by atoms with Gasteiger partial charge in [0.2, 0.25) is 0 Å². The molecule has 24 heavy (non-hydrogen) atoms. The van der Waals surface area contributed by atoms with Crippen LogP contribution in [-0.4, -0.2) is 77.8 Å². The first-order valence-electron chi connectivity index (χ1n) is 9.06. The van der Waals surface area contributed by atoms with Crippen molar-refractivity contribution in [2.75, 3.05) is 72.7 Å². The molecule has 0 heterocycles. The summed E-state index contributed by atoms with van der Waals surface area (Å²) in [7, 11) is 0. The minimum atomic E-state index is 0.0464. The molecule has 6 heteroatoms. The highest BCUT2D eigenvalue weighted by molar-refractivity contribution is 4.79. The molecule has 0 aliphatic heterocycles. The van der Waals surface area contributed by atoms with E-state index in [0.29, 0.717) is 59.5 Å². The average molecular weight is 348 g/mol. The second-order valence-electron chi connectivity index (χ2n) is 5.16. The Labute approximate surface area is 147 Å². The Morgan fingerprint density at radius 3 is 1.50 bits per heavy atom. The van der Waals surface area contributed by atoms with E-state index in [9.17, 15) is 0 Å². The maximum Gasteiger partial charge on any atom is 0.0701 e. The second-order valence-corrected chi connectivity index (χ2v) is 5.16. The molecule has 0 amide bonds. The van der Waals surface area contributed by atoms with Gasteiger partial charge in [0.05, 0.1) is 66.1 Å². The number of rotatable bonds is 20. The molecule has 0 aliphatic rings. The number of ether oxygens (including phenoxy) is 5. The quantitative estimate of drug-likeness (QED) is 0.269. The molecule has 0 fully saturated rings. The fraction of sp³-hybridized carbons (Fsp3) is 0.889. The van der Waals surface area contributed by atoms with Gasteiger partial charge >= 0.3 is 0 Å². The molecule has 6 nitrogen and oxygen atoms in total. The van der Waals surface area contributed by atoms with Crippen molar-refractivity contribution in [1.29, 1.82) is 0 Å². The van der Waals surface area contributed by atoms with Crippen LogP contribution in [0.1, 0.15) is 32.6 Å². The number of aliphatic hydroxyl groups excluding tert-OH is 1. The fourth-order valence-corrected chi connectivity index (χ4v) is 1.80. The fourth-order valence-electron chi connectivity index (χ4n) is 1.80. The monoisotopic (exact) mass is 348 g/mol. The summed E-state index contributed by atoms with van der Waals surface area (Å²) < 4.78 is 26.7. The first-order chi connectivity index (χ1) is 11.9. The Hall–Kier alpha value is -0.500. The molecule has 0 atom stereocenters. The average Bonchev–Trinajstić information content (AvgIpc) is 2.60. The molecule has 0 aromatic heterocycles. The van der Waals surface area contributed by atoms with Crippen molar-refractivity contribution in [2.24, 2.45) is 0 Å². The molecule has 0 saturated carbocycles. The van der Waals surface area contributed by atoms with Crippen LogP contribution in [0.5, 0.6) is 0 Å². The van der Waals surface area contributed by atoms with Crippen LogP contribution in [0.4, 0.5) is 0 Å². The lowest BCUT2D eigenvalue weighted by molar-refractivity contribution is -0.0134. The largest absolute Gasteiger partial charge is 0.394 e. The van der Waals surface area contributed by atoms with Gasteiger partial charge in [-0.3, -0.25) is 0 Å². The Balaban J connectivity index is 2.97. The summed E-state index contributed by atoms with van der Waals surface area (Å²) in [6.45, 7) is 7.85. The van der Waals surface area contributed by atoms with E-state index in [1.54, 1.807) is 0 Å². The number of allylic oxidation sites excluding steroid dienone is 2. The first kappa shape index (κ1) is 23.5. The van der Waals surface area contributed by atoms with Gasteiger partial charge in [0, 0.05) is 6.61 Å². The molecule has 0 unspecified atom stereocenters. The maximum absolute atomic E-state index is 8.51. The summed E-state index contributed by atoms with van der Waals surface area (Å²) in [6.07, 6.45) is 8.98. The highest BCUT2D eigenvalue weighted by Crippen LogP contribution is 1.98. The maximum atomic E-state index is 8.51. The lowest BCUT2D eigenvalue weighted by Crippen LogP contribution is -2.13. The molecular weight excluding hydrogens is 312 g/mol. The van der Waals surface area contributed by atoms with Gasteiger partial charge in [-0.25, -0.2) is 0 Å². The van der Waals surface area contributed by atoms with E-state index < -0.39 is 0 Å². The summed E-state index contributed by atoms with van der Waals surface area (Å²) in [5, 5.41) is 8.51. The Morgan fingerprint density at radius 1 is 0.583 bits per heavy atom.